The minimum Gasteiger partial charge on any atom is -0.348 e. The van der Waals surface area contributed by atoms with Gasteiger partial charge in [-0.15, -0.1) is 0 Å². The number of carbonyl (C=O) groups is 2. The van der Waals surface area contributed by atoms with Crippen molar-refractivity contribution >= 4 is 21.7 Å². The predicted octanol–water partition coefficient (Wildman–Crippen LogP) is 0.227. The molecule has 1 saturated carbocycles. The third-order valence-electron chi connectivity index (χ3n) is 5.71. The second-order valence-electron chi connectivity index (χ2n) is 7.81. The largest absolute Gasteiger partial charge is 0.348 e. The van der Waals surface area contributed by atoms with Crippen molar-refractivity contribution in [3.8, 4) is 0 Å². The summed E-state index contributed by atoms with van der Waals surface area (Å²) in [5, 5.41) is 3.13. The Balaban J connectivity index is 1.51. The molecule has 7 nitrogen and oxygen atoms in total. The summed E-state index contributed by atoms with van der Waals surface area (Å²) < 4.78 is 27.1. The SMILES string of the molecule is CC(=O)c1ccc(S(=O)(=O)N2CC[NH+](CC(=O)NC3CCCCC3)CC2)cc1. The Morgan fingerprint density at radius 3 is 2.25 bits per heavy atom. The molecule has 0 spiro atoms. The molecule has 1 aromatic rings. The van der Waals surface area contributed by atoms with Crippen molar-refractivity contribution in [2.45, 2.75) is 50.0 Å². The van der Waals surface area contributed by atoms with E-state index in [1.165, 1.54) is 42.6 Å². The van der Waals surface area contributed by atoms with Gasteiger partial charge in [0, 0.05) is 11.6 Å². The number of benzene rings is 1. The highest BCUT2D eigenvalue weighted by molar-refractivity contribution is 7.89. The van der Waals surface area contributed by atoms with Gasteiger partial charge in [0.1, 0.15) is 0 Å². The van der Waals surface area contributed by atoms with Crippen molar-refractivity contribution in [3.63, 3.8) is 0 Å². The molecule has 1 amide bonds. The number of quaternary nitrogens is 1. The number of hydrogen-bond acceptors (Lipinski definition) is 4. The van der Waals surface area contributed by atoms with E-state index in [-0.39, 0.29) is 16.6 Å². The first-order chi connectivity index (χ1) is 13.4. The van der Waals surface area contributed by atoms with Crippen LogP contribution in [0.4, 0.5) is 0 Å². The number of amides is 1. The lowest BCUT2D eigenvalue weighted by atomic mass is 9.95. The minimum atomic E-state index is -3.57. The van der Waals surface area contributed by atoms with Gasteiger partial charge in [-0.2, -0.15) is 4.31 Å². The van der Waals surface area contributed by atoms with Crippen molar-refractivity contribution in [1.29, 1.82) is 0 Å². The minimum absolute atomic E-state index is 0.0676. The maximum Gasteiger partial charge on any atom is 0.275 e. The Morgan fingerprint density at radius 2 is 1.68 bits per heavy atom. The lowest BCUT2D eigenvalue weighted by Gasteiger charge is -2.31. The molecule has 0 aromatic heterocycles. The van der Waals surface area contributed by atoms with Gasteiger partial charge in [-0.3, -0.25) is 9.59 Å². The first kappa shape index (κ1) is 21.0. The number of hydrogen-bond donors (Lipinski definition) is 2. The zero-order valence-electron chi connectivity index (χ0n) is 16.4. The lowest BCUT2D eigenvalue weighted by molar-refractivity contribution is -0.895. The van der Waals surface area contributed by atoms with Crippen LogP contribution in [0.3, 0.4) is 0 Å². The van der Waals surface area contributed by atoms with Crippen LogP contribution >= 0.6 is 0 Å². The highest BCUT2D eigenvalue weighted by Gasteiger charge is 2.31. The topological polar surface area (TPSA) is 88.0 Å². The summed E-state index contributed by atoms with van der Waals surface area (Å²) in [7, 11) is -3.57. The number of rotatable bonds is 6. The summed E-state index contributed by atoms with van der Waals surface area (Å²) in [5.41, 5.74) is 0.497. The lowest BCUT2D eigenvalue weighted by Crippen LogP contribution is -3.15. The molecule has 1 aliphatic heterocycles. The zero-order valence-corrected chi connectivity index (χ0v) is 17.3. The van der Waals surface area contributed by atoms with Gasteiger partial charge in [0.25, 0.3) is 5.91 Å². The molecule has 154 valence electrons. The van der Waals surface area contributed by atoms with Crippen molar-refractivity contribution in [2.75, 3.05) is 32.7 Å². The van der Waals surface area contributed by atoms with E-state index in [4.69, 9.17) is 0 Å². The monoisotopic (exact) mass is 408 g/mol. The Bertz CT molecular complexity index is 793. The van der Waals surface area contributed by atoms with Crippen LogP contribution in [0.1, 0.15) is 49.4 Å². The fraction of sp³-hybridized carbons (Fsp3) is 0.600. The van der Waals surface area contributed by atoms with Gasteiger partial charge in [-0.1, -0.05) is 31.4 Å². The van der Waals surface area contributed by atoms with Crippen LogP contribution in [-0.2, 0) is 14.8 Å². The molecular formula is C20H30N3O4S+. The number of ketones is 1. The number of nitrogens with one attached hydrogen (secondary N) is 2. The Labute approximate surface area is 167 Å². The van der Waals surface area contributed by atoms with E-state index in [0.29, 0.717) is 44.3 Å². The quantitative estimate of drug-likeness (QED) is 0.660. The van der Waals surface area contributed by atoms with Crippen molar-refractivity contribution in [3.05, 3.63) is 29.8 Å². The Kier molecular flexibility index (Phi) is 6.85. The Hall–Kier alpha value is -1.77. The fourth-order valence-electron chi connectivity index (χ4n) is 3.98. The molecule has 1 saturated heterocycles. The number of sulfonamides is 1. The van der Waals surface area contributed by atoms with E-state index < -0.39 is 10.0 Å². The van der Waals surface area contributed by atoms with E-state index >= 15 is 0 Å². The first-order valence-electron chi connectivity index (χ1n) is 10.1. The second kappa shape index (κ2) is 9.15. The standard InChI is InChI=1S/C20H29N3O4S/c1-16(24)17-7-9-19(10-8-17)28(26,27)23-13-11-22(12-14-23)15-20(25)21-18-5-3-2-4-6-18/h7-10,18H,2-6,11-15H2,1H3,(H,21,25)/p+1. The molecule has 0 atom stereocenters. The highest BCUT2D eigenvalue weighted by atomic mass is 32.2. The molecular weight excluding hydrogens is 378 g/mol. The fourth-order valence-corrected chi connectivity index (χ4v) is 5.42. The normalized spacial score (nSPS) is 20.0. The first-order valence-corrected chi connectivity index (χ1v) is 11.5. The molecule has 28 heavy (non-hydrogen) atoms. The Morgan fingerprint density at radius 1 is 1.07 bits per heavy atom. The summed E-state index contributed by atoms with van der Waals surface area (Å²) >= 11 is 0. The summed E-state index contributed by atoms with van der Waals surface area (Å²) in [5.74, 6) is -0.0225. The van der Waals surface area contributed by atoms with Crippen molar-refractivity contribution in [1.82, 2.24) is 9.62 Å². The average Bonchev–Trinajstić information content (AvgIpc) is 2.69. The molecule has 1 heterocycles. The number of carbonyl (C=O) groups excluding carboxylic acids is 2. The molecule has 2 fully saturated rings. The van der Waals surface area contributed by atoms with Crippen LogP contribution in [0.5, 0.6) is 0 Å². The van der Waals surface area contributed by atoms with E-state index in [2.05, 4.69) is 5.32 Å². The average molecular weight is 409 g/mol. The summed E-state index contributed by atoms with van der Waals surface area (Å²) in [6.45, 7) is 3.87. The van der Waals surface area contributed by atoms with Crippen LogP contribution in [0, 0.1) is 0 Å². The second-order valence-corrected chi connectivity index (χ2v) is 9.75. The molecule has 1 aliphatic carbocycles. The third kappa shape index (κ3) is 5.18. The van der Waals surface area contributed by atoms with Crippen LogP contribution in [0.25, 0.3) is 0 Å². The molecule has 8 heteroatoms. The molecule has 1 aromatic carbocycles. The maximum absolute atomic E-state index is 12.8. The summed E-state index contributed by atoms with van der Waals surface area (Å²) in [6, 6.07) is 6.38. The predicted molar refractivity (Wildman–Crippen MR) is 106 cm³/mol. The van der Waals surface area contributed by atoms with Crippen LogP contribution in [0.2, 0.25) is 0 Å². The van der Waals surface area contributed by atoms with Gasteiger partial charge in [0.2, 0.25) is 10.0 Å². The van der Waals surface area contributed by atoms with Crippen LogP contribution < -0.4 is 10.2 Å². The maximum atomic E-state index is 12.8. The molecule has 2 aliphatic rings. The van der Waals surface area contributed by atoms with Crippen molar-refractivity contribution < 1.29 is 22.9 Å². The molecule has 0 radical (unpaired) electrons. The molecule has 0 unspecified atom stereocenters. The zero-order chi connectivity index (χ0) is 20.1. The molecule has 3 rings (SSSR count). The van der Waals surface area contributed by atoms with Crippen LogP contribution in [-0.4, -0.2) is 63.2 Å². The van der Waals surface area contributed by atoms with Gasteiger partial charge in [-0.05, 0) is 31.9 Å². The van der Waals surface area contributed by atoms with Gasteiger partial charge < -0.3 is 10.2 Å². The number of Topliss-reactive ketones (excluding diaryl/α,β-unsaturated/α-hetero) is 1. The van der Waals surface area contributed by atoms with Crippen molar-refractivity contribution in [2.24, 2.45) is 0 Å². The van der Waals surface area contributed by atoms with E-state index in [1.54, 1.807) is 12.1 Å². The van der Waals surface area contributed by atoms with E-state index in [9.17, 15) is 18.0 Å². The molecule has 0 bridgehead atoms. The molecule has 2 N–H and O–H groups in total. The van der Waals surface area contributed by atoms with Gasteiger partial charge in [0.15, 0.2) is 12.3 Å². The summed E-state index contributed by atoms with van der Waals surface area (Å²) in [6.07, 6.45) is 5.75. The number of piperazine rings is 1. The smallest absolute Gasteiger partial charge is 0.275 e. The van der Waals surface area contributed by atoms with Gasteiger partial charge in [-0.25, -0.2) is 8.42 Å². The highest BCUT2D eigenvalue weighted by Crippen LogP contribution is 2.18. The van der Waals surface area contributed by atoms with Crippen LogP contribution in [0.15, 0.2) is 29.2 Å². The van der Waals surface area contributed by atoms with E-state index in [1.807, 2.05) is 0 Å². The van der Waals surface area contributed by atoms with Gasteiger partial charge >= 0.3 is 0 Å². The third-order valence-corrected chi connectivity index (χ3v) is 7.62. The van der Waals surface area contributed by atoms with E-state index in [0.717, 1.165) is 17.7 Å². The van der Waals surface area contributed by atoms with Gasteiger partial charge in [0.05, 0.1) is 31.1 Å². The number of nitrogens with zero attached hydrogens (tertiary/aromatic N) is 1. The summed E-state index contributed by atoms with van der Waals surface area (Å²) in [4.78, 5) is 25.0.